The molecule has 5 rings (SSSR count). The maximum Gasteiger partial charge on any atom is 0.312 e. The number of para-hydroxylation sites is 1. The number of amides is 2. The Bertz CT molecular complexity index is 1070. The summed E-state index contributed by atoms with van der Waals surface area (Å²) < 4.78 is 13.0. The van der Waals surface area contributed by atoms with Crippen LogP contribution in [0.25, 0.3) is 11.0 Å². The van der Waals surface area contributed by atoms with Gasteiger partial charge in [-0.25, -0.2) is 4.68 Å². The van der Waals surface area contributed by atoms with Gasteiger partial charge < -0.3 is 24.8 Å². The van der Waals surface area contributed by atoms with E-state index in [1.165, 1.54) is 4.90 Å². The molecule has 3 fully saturated rings. The van der Waals surface area contributed by atoms with Crippen molar-refractivity contribution in [1.82, 2.24) is 25.2 Å². The normalized spacial score (nSPS) is 30.7. The van der Waals surface area contributed by atoms with Crippen LogP contribution in [-0.2, 0) is 30.5 Å². The highest BCUT2D eigenvalue weighted by Gasteiger charge is 2.74. The molecule has 0 unspecified atom stereocenters. The molecule has 1 aromatic heterocycles. The van der Waals surface area contributed by atoms with E-state index in [0.717, 1.165) is 5.52 Å². The third-order valence-corrected chi connectivity index (χ3v) is 6.77. The number of esters is 1. The van der Waals surface area contributed by atoms with Crippen LogP contribution in [0, 0.1) is 11.8 Å². The number of aliphatic hydroxyl groups is 1. The number of nitrogens with zero attached hydrogens (tertiary/aromatic N) is 4. The molecule has 0 aliphatic carbocycles. The van der Waals surface area contributed by atoms with Crippen LogP contribution >= 0.6 is 0 Å². The molecule has 32 heavy (non-hydrogen) atoms. The van der Waals surface area contributed by atoms with Crippen LogP contribution in [0.15, 0.2) is 24.3 Å². The van der Waals surface area contributed by atoms with E-state index in [4.69, 9.17) is 9.47 Å². The van der Waals surface area contributed by atoms with E-state index < -0.39 is 41.5 Å². The van der Waals surface area contributed by atoms with Gasteiger partial charge in [-0.3, -0.25) is 14.4 Å². The summed E-state index contributed by atoms with van der Waals surface area (Å²) in [5.74, 6) is -2.79. The molecule has 3 saturated heterocycles. The highest BCUT2D eigenvalue weighted by molar-refractivity contribution is 5.98. The van der Waals surface area contributed by atoms with Crippen molar-refractivity contribution >= 4 is 28.8 Å². The summed E-state index contributed by atoms with van der Waals surface area (Å²) in [4.78, 5) is 40.7. The molecule has 5 atom stereocenters. The predicted octanol–water partition coefficient (Wildman–Crippen LogP) is -0.565. The first kappa shape index (κ1) is 20.8. The number of hydrogen-bond acceptors (Lipinski definition) is 8. The van der Waals surface area contributed by atoms with E-state index in [1.807, 2.05) is 24.3 Å². The lowest BCUT2D eigenvalue weighted by Gasteiger charge is -2.33. The van der Waals surface area contributed by atoms with Crippen LogP contribution in [0.1, 0.15) is 19.8 Å². The van der Waals surface area contributed by atoms with Crippen molar-refractivity contribution in [3.63, 3.8) is 0 Å². The topological polar surface area (TPSA) is 136 Å². The van der Waals surface area contributed by atoms with Crippen molar-refractivity contribution in [3.05, 3.63) is 24.3 Å². The Kier molecular flexibility index (Phi) is 5.09. The fourth-order valence-electron chi connectivity index (χ4n) is 5.59. The van der Waals surface area contributed by atoms with Gasteiger partial charge in [0.05, 0.1) is 36.7 Å². The van der Waals surface area contributed by atoms with Gasteiger partial charge in [-0.15, -0.1) is 5.10 Å². The summed E-state index contributed by atoms with van der Waals surface area (Å²) in [7, 11) is 0. The summed E-state index contributed by atoms with van der Waals surface area (Å²) in [5.41, 5.74) is 0.357. The number of aliphatic hydroxyl groups excluding tert-OH is 1. The first-order valence-corrected chi connectivity index (χ1v) is 10.8. The molecule has 3 aliphatic heterocycles. The molecule has 2 amide bonds. The SMILES string of the molecule is CCOC(=O)[C@@H]1[C@@H]2CC[C@]3(O2)[C@H](C(=O)NCn2nnc4ccccc42)N(CCO)C(=O)[C@@H]13. The molecule has 11 nitrogen and oxygen atoms in total. The quantitative estimate of drug-likeness (QED) is 0.544. The molecular formula is C21H25N5O6. The van der Waals surface area contributed by atoms with Gasteiger partial charge in [-0.05, 0) is 31.9 Å². The van der Waals surface area contributed by atoms with Gasteiger partial charge in [0.1, 0.15) is 23.8 Å². The minimum Gasteiger partial charge on any atom is -0.466 e. The number of benzene rings is 1. The Hall–Kier alpha value is -3.05. The fraction of sp³-hybridized carbons (Fsp3) is 0.571. The number of fused-ring (bicyclic) bond motifs is 2. The average Bonchev–Trinajstić information content (AvgIpc) is 3.52. The summed E-state index contributed by atoms with van der Waals surface area (Å²) in [6.45, 7) is 1.64. The Morgan fingerprint density at radius 1 is 1.38 bits per heavy atom. The van der Waals surface area contributed by atoms with Crippen molar-refractivity contribution in [2.45, 2.75) is 44.2 Å². The Labute approximate surface area is 183 Å². The second-order valence-electron chi connectivity index (χ2n) is 8.34. The van der Waals surface area contributed by atoms with Crippen LogP contribution in [0.5, 0.6) is 0 Å². The first-order chi connectivity index (χ1) is 15.5. The van der Waals surface area contributed by atoms with E-state index >= 15 is 0 Å². The largest absolute Gasteiger partial charge is 0.466 e. The van der Waals surface area contributed by atoms with Crippen LogP contribution in [0.3, 0.4) is 0 Å². The molecule has 2 bridgehead atoms. The molecule has 1 aromatic carbocycles. The number of β-amino-alcohol motifs (C(OH)–C–C–N with tert-alkyl or cyclic N) is 1. The van der Waals surface area contributed by atoms with E-state index in [0.29, 0.717) is 18.4 Å². The number of carbonyl (C=O) groups excluding carboxylic acids is 3. The van der Waals surface area contributed by atoms with Gasteiger partial charge in [0, 0.05) is 6.54 Å². The Morgan fingerprint density at radius 3 is 2.97 bits per heavy atom. The lowest BCUT2D eigenvalue weighted by molar-refractivity contribution is -0.154. The number of carbonyl (C=O) groups is 3. The molecule has 170 valence electrons. The Morgan fingerprint density at radius 2 is 2.19 bits per heavy atom. The van der Waals surface area contributed by atoms with Gasteiger partial charge in [0.15, 0.2) is 0 Å². The maximum absolute atomic E-state index is 13.4. The number of aromatic nitrogens is 3. The zero-order chi connectivity index (χ0) is 22.5. The van der Waals surface area contributed by atoms with Crippen molar-refractivity contribution in [3.8, 4) is 0 Å². The highest BCUT2D eigenvalue weighted by atomic mass is 16.6. The number of ether oxygens (including phenoxy) is 2. The standard InChI is InChI=1S/C21H25N5O6/c1-2-31-20(30)15-14-7-8-21(32-14)16(15)19(29)25(9-10-27)17(21)18(28)22-11-26-13-6-4-3-5-12(13)23-24-26/h3-6,14-17,27H,2,7-11H2,1H3,(H,22,28)/t14-,15+,16+,17-,21+/m0/s1. The van der Waals surface area contributed by atoms with Crippen molar-refractivity contribution in [1.29, 1.82) is 0 Å². The third-order valence-electron chi connectivity index (χ3n) is 6.77. The zero-order valence-corrected chi connectivity index (χ0v) is 17.6. The predicted molar refractivity (Wildman–Crippen MR) is 109 cm³/mol. The summed E-state index contributed by atoms with van der Waals surface area (Å²) in [6, 6.07) is 6.42. The van der Waals surface area contributed by atoms with Gasteiger partial charge in [-0.2, -0.15) is 0 Å². The molecule has 2 aromatic rings. The van der Waals surface area contributed by atoms with Gasteiger partial charge in [0.2, 0.25) is 11.8 Å². The number of rotatable bonds is 7. The fourth-order valence-corrected chi connectivity index (χ4v) is 5.59. The molecule has 11 heteroatoms. The minimum absolute atomic E-state index is 0.0228. The Balaban J connectivity index is 1.42. The molecule has 4 heterocycles. The monoisotopic (exact) mass is 443 g/mol. The summed E-state index contributed by atoms with van der Waals surface area (Å²) in [5, 5.41) is 20.5. The lowest BCUT2D eigenvalue weighted by atomic mass is 9.71. The van der Waals surface area contributed by atoms with Crippen molar-refractivity contribution < 1.29 is 29.0 Å². The van der Waals surface area contributed by atoms with E-state index in [9.17, 15) is 19.5 Å². The van der Waals surface area contributed by atoms with Crippen LogP contribution in [0.4, 0.5) is 0 Å². The van der Waals surface area contributed by atoms with Gasteiger partial charge in [-0.1, -0.05) is 17.3 Å². The second kappa shape index (κ2) is 7.82. The average molecular weight is 443 g/mol. The molecule has 2 N–H and O–H groups in total. The summed E-state index contributed by atoms with van der Waals surface area (Å²) in [6.07, 6.45) is 0.599. The van der Waals surface area contributed by atoms with E-state index in [1.54, 1.807) is 11.6 Å². The summed E-state index contributed by atoms with van der Waals surface area (Å²) >= 11 is 0. The molecular weight excluding hydrogens is 418 g/mol. The number of hydrogen-bond donors (Lipinski definition) is 2. The smallest absolute Gasteiger partial charge is 0.312 e. The van der Waals surface area contributed by atoms with Crippen LogP contribution in [0.2, 0.25) is 0 Å². The highest BCUT2D eigenvalue weighted by Crippen LogP contribution is 2.58. The van der Waals surface area contributed by atoms with Crippen molar-refractivity contribution in [2.75, 3.05) is 19.8 Å². The molecule has 3 aliphatic rings. The zero-order valence-electron chi connectivity index (χ0n) is 17.6. The van der Waals surface area contributed by atoms with Gasteiger partial charge in [0.25, 0.3) is 0 Å². The van der Waals surface area contributed by atoms with E-state index in [-0.39, 0.29) is 32.3 Å². The third kappa shape index (κ3) is 2.91. The lowest BCUT2D eigenvalue weighted by Crippen LogP contribution is -2.55. The molecule has 0 saturated carbocycles. The van der Waals surface area contributed by atoms with Crippen molar-refractivity contribution in [2.24, 2.45) is 11.8 Å². The minimum atomic E-state index is -1.11. The molecule has 1 spiro atoms. The maximum atomic E-state index is 13.4. The van der Waals surface area contributed by atoms with E-state index in [2.05, 4.69) is 15.6 Å². The van der Waals surface area contributed by atoms with Crippen LogP contribution < -0.4 is 5.32 Å². The molecule has 0 radical (unpaired) electrons. The number of nitrogens with one attached hydrogen (secondary N) is 1. The van der Waals surface area contributed by atoms with Crippen LogP contribution in [-0.4, -0.2) is 80.3 Å². The second-order valence-corrected chi connectivity index (χ2v) is 8.34. The first-order valence-electron chi connectivity index (χ1n) is 10.8. The number of likely N-dealkylation sites (tertiary alicyclic amines) is 1. The van der Waals surface area contributed by atoms with Gasteiger partial charge >= 0.3 is 5.97 Å².